The van der Waals surface area contributed by atoms with Crippen LogP contribution in [-0.4, -0.2) is 12.1 Å². The quantitative estimate of drug-likeness (QED) is 0.558. The van der Waals surface area contributed by atoms with Gasteiger partial charge in [-0.2, -0.15) is 17.6 Å². The lowest BCUT2D eigenvalue weighted by molar-refractivity contribution is -0.0775. The minimum atomic E-state index is -4.27. The Hall–Kier alpha value is -0.350. The molecule has 0 aliphatic carbocycles. The zero-order valence-electron chi connectivity index (χ0n) is 5.17. The van der Waals surface area contributed by atoms with E-state index in [1.54, 1.807) is 0 Å². The molecule has 1 radical (unpaired) electrons. The predicted molar refractivity (Wildman–Crippen MR) is 25.6 cm³/mol. The highest BCUT2D eigenvalue weighted by Crippen LogP contribution is 2.33. The van der Waals surface area contributed by atoms with Crippen molar-refractivity contribution in [2.75, 3.05) is 0 Å². The van der Waals surface area contributed by atoms with Crippen LogP contribution in [-0.2, 0) is 0 Å². The fourth-order valence-corrected chi connectivity index (χ4v) is 0.430. The molecule has 0 aromatic heterocycles. The van der Waals surface area contributed by atoms with Crippen molar-refractivity contribution in [1.29, 1.82) is 0 Å². The summed E-state index contributed by atoms with van der Waals surface area (Å²) in [4.78, 5) is 0. The van der Waals surface area contributed by atoms with Gasteiger partial charge in [-0.3, -0.25) is 0 Å². The summed E-state index contributed by atoms with van der Waals surface area (Å²) in [6.07, 6.45) is -6.40. The Balaban J connectivity index is 3.87. The summed E-state index contributed by atoms with van der Waals surface area (Å²) in [7, 11) is 0. The Morgan fingerprint density at radius 3 is 1.90 bits per heavy atom. The largest absolute Gasteiger partial charge is 0.378 e. The summed E-state index contributed by atoms with van der Waals surface area (Å²) in [6, 6.07) is 0. The monoisotopic (exact) mass is 161 g/mol. The van der Waals surface area contributed by atoms with Gasteiger partial charge in [-0.25, -0.2) is 4.39 Å². The van der Waals surface area contributed by atoms with Crippen molar-refractivity contribution >= 4 is 0 Å². The molecule has 61 valence electrons. The highest BCUT2D eigenvalue weighted by Gasteiger charge is 2.43. The molecule has 5 heteroatoms. The van der Waals surface area contributed by atoms with Gasteiger partial charge in [0, 0.05) is 6.42 Å². The second-order valence-corrected chi connectivity index (χ2v) is 1.95. The van der Waals surface area contributed by atoms with Gasteiger partial charge in [-0.05, 0) is 6.92 Å². The van der Waals surface area contributed by atoms with Gasteiger partial charge < -0.3 is 0 Å². The van der Waals surface area contributed by atoms with Crippen molar-refractivity contribution in [1.82, 2.24) is 0 Å². The van der Waals surface area contributed by atoms with Crippen LogP contribution in [0.1, 0.15) is 13.3 Å². The van der Waals surface area contributed by atoms with Crippen LogP contribution in [0.15, 0.2) is 0 Å². The second kappa shape index (κ2) is 3.16. The molecule has 0 aliphatic rings. The molecular formula is C5H6F5. The maximum atomic E-state index is 11.8. The molecule has 0 fully saturated rings. The van der Waals surface area contributed by atoms with E-state index in [9.17, 15) is 22.0 Å². The molecule has 0 heterocycles. The third-order valence-electron chi connectivity index (χ3n) is 0.814. The van der Waals surface area contributed by atoms with Gasteiger partial charge in [0.25, 0.3) is 0 Å². The fourth-order valence-electron chi connectivity index (χ4n) is 0.430. The van der Waals surface area contributed by atoms with Crippen molar-refractivity contribution in [3.63, 3.8) is 0 Å². The lowest BCUT2D eigenvalue weighted by Crippen LogP contribution is -2.23. The average Bonchev–Trinajstić information content (AvgIpc) is 1.60. The normalized spacial score (nSPS) is 15.9. The first kappa shape index (κ1) is 9.65. The number of alkyl halides is 3. The van der Waals surface area contributed by atoms with Gasteiger partial charge in [-0.15, -0.1) is 0 Å². The first-order chi connectivity index (χ1) is 4.36. The van der Waals surface area contributed by atoms with Gasteiger partial charge in [-0.1, -0.05) is 0 Å². The molecule has 1 unspecified atom stereocenters. The van der Waals surface area contributed by atoms with E-state index in [0.29, 0.717) is 0 Å². The van der Waals surface area contributed by atoms with Crippen LogP contribution in [0, 0.1) is 6.43 Å². The first-order valence-electron chi connectivity index (χ1n) is 2.56. The summed E-state index contributed by atoms with van der Waals surface area (Å²) >= 11 is 0. The molecule has 0 saturated carbocycles. The summed E-state index contributed by atoms with van der Waals surface area (Å²) in [6.45, 7) is 0.802. The molecule has 0 aromatic carbocycles. The number of rotatable bonds is 3. The molecule has 1 atom stereocenters. The Labute approximate surface area is 55.0 Å². The lowest BCUT2D eigenvalue weighted by Gasteiger charge is -2.13. The van der Waals surface area contributed by atoms with Crippen molar-refractivity contribution < 1.29 is 22.0 Å². The smallest absolute Gasteiger partial charge is 0.248 e. The topological polar surface area (TPSA) is 0 Å². The maximum Gasteiger partial charge on any atom is 0.378 e. The average molecular weight is 161 g/mol. The Kier molecular flexibility index (Phi) is 3.05. The van der Waals surface area contributed by atoms with E-state index >= 15 is 0 Å². The number of hydrogen-bond donors (Lipinski definition) is 0. The van der Waals surface area contributed by atoms with Crippen LogP contribution in [0.2, 0.25) is 0 Å². The van der Waals surface area contributed by atoms with Crippen LogP contribution in [0.3, 0.4) is 0 Å². The van der Waals surface area contributed by atoms with Gasteiger partial charge in [0.15, 0.2) is 0 Å². The van der Waals surface area contributed by atoms with E-state index in [2.05, 4.69) is 0 Å². The number of hydrogen-bond acceptors (Lipinski definition) is 0. The van der Waals surface area contributed by atoms with E-state index in [-0.39, 0.29) is 0 Å². The minimum Gasteiger partial charge on any atom is -0.248 e. The van der Waals surface area contributed by atoms with Crippen molar-refractivity contribution in [3.8, 4) is 0 Å². The Bertz CT molecular complexity index is 98.2. The molecular weight excluding hydrogens is 155 g/mol. The lowest BCUT2D eigenvalue weighted by atomic mass is 10.2. The Morgan fingerprint density at radius 1 is 1.40 bits per heavy atom. The summed E-state index contributed by atoms with van der Waals surface area (Å²) < 4.78 is 57.6. The highest BCUT2D eigenvalue weighted by atomic mass is 19.3. The number of halogens is 5. The van der Waals surface area contributed by atoms with Crippen molar-refractivity contribution in [2.24, 2.45) is 0 Å². The zero-order chi connectivity index (χ0) is 8.36. The zero-order valence-corrected chi connectivity index (χ0v) is 5.17. The molecule has 0 aromatic rings. The fraction of sp³-hybridized carbons (Fsp3) is 0.800. The van der Waals surface area contributed by atoms with Crippen LogP contribution >= 0.6 is 0 Å². The summed E-state index contributed by atoms with van der Waals surface area (Å²) in [5.41, 5.74) is 0. The Morgan fingerprint density at radius 2 is 1.80 bits per heavy atom. The van der Waals surface area contributed by atoms with Crippen LogP contribution in [0.4, 0.5) is 22.0 Å². The molecule has 0 N–H and O–H groups in total. The van der Waals surface area contributed by atoms with Crippen LogP contribution in [0.5, 0.6) is 0 Å². The second-order valence-electron chi connectivity index (χ2n) is 1.95. The van der Waals surface area contributed by atoms with E-state index in [4.69, 9.17) is 0 Å². The third-order valence-corrected chi connectivity index (χ3v) is 0.814. The van der Waals surface area contributed by atoms with Crippen molar-refractivity contribution in [2.45, 2.75) is 25.4 Å². The predicted octanol–water partition coefficient (Wildman–Crippen LogP) is 2.80. The van der Waals surface area contributed by atoms with Gasteiger partial charge in [0.1, 0.15) is 6.17 Å². The molecule has 0 nitrogen and oxygen atoms in total. The maximum absolute atomic E-state index is 11.8. The molecule has 0 amide bonds. The van der Waals surface area contributed by atoms with Crippen molar-refractivity contribution in [3.05, 3.63) is 6.43 Å². The van der Waals surface area contributed by atoms with E-state index in [0.717, 1.165) is 6.92 Å². The third kappa shape index (κ3) is 2.98. The molecule has 10 heavy (non-hydrogen) atoms. The van der Waals surface area contributed by atoms with Crippen LogP contribution < -0.4 is 0 Å². The molecule has 0 spiro atoms. The summed E-state index contributed by atoms with van der Waals surface area (Å²) in [5, 5.41) is 0. The molecule has 0 rings (SSSR count). The summed E-state index contributed by atoms with van der Waals surface area (Å²) in [5.74, 6) is -4.27. The first-order valence-corrected chi connectivity index (χ1v) is 2.56. The van der Waals surface area contributed by atoms with Gasteiger partial charge in [0.2, 0.25) is 0 Å². The van der Waals surface area contributed by atoms with E-state index < -0.39 is 24.9 Å². The standard InChI is InChI=1S/C5H6F5/c1-3(6)2-5(9,10)4(7)8/h3H,2H2,1H3. The van der Waals surface area contributed by atoms with Gasteiger partial charge in [0.05, 0.1) is 0 Å². The minimum absolute atomic E-state index is 0.802. The molecule has 0 saturated heterocycles. The highest BCUT2D eigenvalue weighted by molar-refractivity contribution is 4.84. The van der Waals surface area contributed by atoms with Crippen LogP contribution in [0.25, 0.3) is 0 Å². The molecule has 0 bridgehead atoms. The van der Waals surface area contributed by atoms with E-state index in [1.165, 1.54) is 0 Å². The van der Waals surface area contributed by atoms with E-state index in [1.807, 2.05) is 0 Å². The SMILES string of the molecule is CC(F)CC(F)(F)[C](F)F. The molecule has 0 aliphatic heterocycles. The van der Waals surface area contributed by atoms with Gasteiger partial charge >= 0.3 is 12.3 Å².